The Morgan fingerprint density at radius 1 is 0.583 bits per heavy atom. The van der Waals surface area contributed by atoms with E-state index in [4.69, 9.17) is 28.4 Å². The van der Waals surface area contributed by atoms with Crippen LogP contribution in [-0.2, 0) is 0 Å². The molecule has 0 amide bonds. The minimum atomic E-state index is -0.252. The van der Waals surface area contributed by atoms with E-state index in [2.05, 4.69) is 41.5 Å². The van der Waals surface area contributed by atoms with Crippen molar-refractivity contribution in [2.24, 2.45) is 0 Å². The van der Waals surface area contributed by atoms with Crippen molar-refractivity contribution in [1.29, 1.82) is 0 Å². The van der Waals surface area contributed by atoms with Crippen LogP contribution < -0.4 is 28.4 Å². The summed E-state index contributed by atoms with van der Waals surface area (Å²) in [5, 5.41) is 0. The Morgan fingerprint density at radius 3 is 1.52 bits per heavy atom. The van der Waals surface area contributed by atoms with Crippen LogP contribution in [0, 0.1) is 0 Å². The topological polar surface area (TPSA) is 72.5 Å². The molecule has 5 unspecified atom stereocenters. The van der Waals surface area contributed by atoms with Crippen molar-refractivity contribution in [1.82, 2.24) is 0 Å². The van der Waals surface area contributed by atoms with Gasteiger partial charge in [-0.25, -0.2) is 0 Å². The molecule has 0 spiro atoms. The quantitative estimate of drug-likeness (QED) is 0.0814. The number of hydrogen-bond donors (Lipinski definition) is 0. The molecule has 0 bridgehead atoms. The molecule has 0 radical (unpaired) electrons. The molecule has 270 valence electrons. The van der Waals surface area contributed by atoms with Crippen LogP contribution in [0.5, 0.6) is 34.5 Å². The highest BCUT2D eigenvalue weighted by atomic mass is 16.5. The van der Waals surface area contributed by atoms with Gasteiger partial charge >= 0.3 is 0 Å². The fraction of sp³-hybridized carbons (Fsp3) is 0.634. The van der Waals surface area contributed by atoms with E-state index >= 15 is 0 Å². The van der Waals surface area contributed by atoms with Crippen molar-refractivity contribution in [2.45, 2.75) is 164 Å². The average Bonchev–Trinajstić information content (AvgIpc) is 3.02. The molecule has 2 aromatic carbocycles. The minimum Gasteiger partial charge on any atom is -0.493 e. The lowest BCUT2D eigenvalue weighted by molar-refractivity contribution is 0.102. The fourth-order valence-corrected chi connectivity index (χ4v) is 5.80. The number of carbonyl (C=O) groups excluding carboxylic acids is 1. The van der Waals surface area contributed by atoms with Crippen LogP contribution in [-0.4, -0.2) is 43.4 Å². The van der Waals surface area contributed by atoms with Gasteiger partial charge in [-0.15, -0.1) is 0 Å². The molecule has 2 rings (SSSR count). The van der Waals surface area contributed by atoms with Crippen LogP contribution in [0.4, 0.5) is 0 Å². The lowest BCUT2D eigenvalue weighted by Gasteiger charge is -2.24. The molecule has 0 fully saturated rings. The molecule has 0 aliphatic carbocycles. The van der Waals surface area contributed by atoms with Gasteiger partial charge in [-0.2, -0.15) is 0 Å². The zero-order valence-corrected chi connectivity index (χ0v) is 31.8. The third-order valence-electron chi connectivity index (χ3n) is 8.13. The third kappa shape index (κ3) is 12.9. The van der Waals surface area contributed by atoms with Crippen molar-refractivity contribution in [3.8, 4) is 34.5 Å². The molecular formula is C41H64O7. The lowest BCUT2D eigenvalue weighted by Crippen LogP contribution is -2.19. The number of methoxy groups -OCH3 is 1. The maximum absolute atomic E-state index is 14.4. The molecule has 0 N–H and O–H groups in total. The molecule has 0 aromatic heterocycles. The second-order valence-electron chi connectivity index (χ2n) is 13.1. The largest absolute Gasteiger partial charge is 0.493 e. The van der Waals surface area contributed by atoms with Gasteiger partial charge in [0.15, 0.2) is 28.8 Å². The molecule has 5 atom stereocenters. The van der Waals surface area contributed by atoms with Gasteiger partial charge in [0.25, 0.3) is 0 Å². The predicted molar refractivity (Wildman–Crippen MR) is 198 cm³/mol. The first kappa shape index (κ1) is 40.8. The Bertz CT molecular complexity index is 1270. The van der Waals surface area contributed by atoms with Crippen LogP contribution in [0.3, 0.4) is 0 Å². The van der Waals surface area contributed by atoms with Crippen LogP contribution in [0.25, 0.3) is 6.08 Å². The Labute approximate surface area is 291 Å². The molecule has 0 aliphatic rings. The average molecular weight is 669 g/mol. The Hall–Kier alpha value is -3.35. The fourth-order valence-electron chi connectivity index (χ4n) is 5.80. The van der Waals surface area contributed by atoms with Gasteiger partial charge in [0.05, 0.1) is 37.6 Å². The number of benzene rings is 2. The van der Waals surface area contributed by atoms with Gasteiger partial charge in [-0.1, -0.05) is 66.7 Å². The number of ether oxygens (including phenoxy) is 6. The summed E-state index contributed by atoms with van der Waals surface area (Å²) in [5.74, 6) is 2.99. The van der Waals surface area contributed by atoms with Crippen LogP contribution >= 0.6 is 0 Å². The summed E-state index contributed by atoms with van der Waals surface area (Å²) in [6.07, 6.45) is 12.4. The second kappa shape index (κ2) is 21.6. The maximum Gasteiger partial charge on any atom is 0.193 e. The number of allylic oxidation sites excluding steroid dienone is 1. The highest BCUT2D eigenvalue weighted by Gasteiger charge is 2.26. The van der Waals surface area contributed by atoms with E-state index in [0.717, 1.165) is 64.2 Å². The van der Waals surface area contributed by atoms with E-state index in [0.29, 0.717) is 45.6 Å². The minimum absolute atomic E-state index is 0.0245. The Morgan fingerprint density at radius 2 is 1.02 bits per heavy atom. The normalized spacial score (nSPS) is 14.6. The molecule has 0 saturated heterocycles. The van der Waals surface area contributed by atoms with E-state index in [1.54, 1.807) is 19.3 Å². The van der Waals surface area contributed by atoms with Crippen molar-refractivity contribution in [3.05, 3.63) is 41.5 Å². The first-order chi connectivity index (χ1) is 23.0. The lowest BCUT2D eigenvalue weighted by atomic mass is 10.0. The van der Waals surface area contributed by atoms with E-state index < -0.39 is 0 Å². The summed E-state index contributed by atoms with van der Waals surface area (Å²) >= 11 is 0. The van der Waals surface area contributed by atoms with Gasteiger partial charge in [-0.3, -0.25) is 4.79 Å². The van der Waals surface area contributed by atoms with Crippen molar-refractivity contribution < 1.29 is 33.2 Å². The van der Waals surface area contributed by atoms with Crippen molar-refractivity contribution >= 4 is 11.9 Å². The summed E-state index contributed by atoms with van der Waals surface area (Å²) in [6.45, 7) is 20.8. The van der Waals surface area contributed by atoms with Crippen LogP contribution in [0.1, 0.15) is 149 Å². The SMILES string of the molecule is CCCC(C)Oc1cc(C=CC(=O)c2c(OC(C)CCC)ccc(OC(C)CCC)c2OC(C)CCC)c(OC(C)CCC)c(OC)c1. The highest BCUT2D eigenvalue weighted by Crippen LogP contribution is 2.42. The van der Waals surface area contributed by atoms with Gasteiger partial charge in [0, 0.05) is 11.6 Å². The van der Waals surface area contributed by atoms with E-state index in [-0.39, 0.29) is 36.3 Å². The summed E-state index contributed by atoms with van der Waals surface area (Å²) in [6, 6.07) is 7.49. The summed E-state index contributed by atoms with van der Waals surface area (Å²) in [7, 11) is 1.62. The number of ketones is 1. The molecule has 7 nitrogen and oxygen atoms in total. The number of hydrogen-bond acceptors (Lipinski definition) is 7. The van der Waals surface area contributed by atoms with Crippen molar-refractivity contribution in [2.75, 3.05) is 7.11 Å². The van der Waals surface area contributed by atoms with Gasteiger partial charge in [-0.05, 0) is 97.1 Å². The van der Waals surface area contributed by atoms with Crippen molar-refractivity contribution in [3.63, 3.8) is 0 Å². The highest BCUT2D eigenvalue weighted by molar-refractivity contribution is 6.11. The molecule has 7 heteroatoms. The first-order valence-electron chi connectivity index (χ1n) is 18.5. The molecule has 48 heavy (non-hydrogen) atoms. The van der Waals surface area contributed by atoms with E-state index in [1.165, 1.54) is 0 Å². The molecular weight excluding hydrogens is 604 g/mol. The Balaban J connectivity index is 2.76. The van der Waals surface area contributed by atoms with E-state index in [1.807, 2.05) is 52.0 Å². The summed E-state index contributed by atoms with van der Waals surface area (Å²) in [4.78, 5) is 14.4. The number of rotatable bonds is 24. The van der Waals surface area contributed by atoms with Gasteiger partial charge in [0.2, 0.25) is 0 Å². The maximum atomic E-state index is 14.4. The van der Waals surface area contributed by atoms with Crippen LogP contribution in [0.2, 0.25) is 0 Å². The standard InChI is InChI=1S/C41H64O7/c1-12-17-28(6)44-34-26-33(40(38(27-34)43-11)47-31(9)20-15-4)22-23-35(42)39-36(45-29(7)18-13-2)24-25-37(46-30(8)19-14-3)41(39)48-32(10)21-16-5/h22-32H,12-21H2,1-11H3. The van der Waals surface area contributed by atoms with Crippen LogP contribution in [0.15, 0.2) is 30.3 Å². The first-order valence-corrected chi connectivity index (χ1v) is 18.5. The van der Waals surface area contributed by atoms with Gasteiger partial charge in [0.1, 0.15) is 17.1 Å². The monoisotopic (exact) mass is 668 g/mol. The number of carbonyl (C=O) groups is 1. The molecule has 2 aromatic rings. The van der Waals surface area contributed by atoms with E-state index in [9.17, 15) is 4.79 Å². The van der Waals surface area contributed by atoms with Gasteiger partial charge < -0.3 is 28.4 Å². The second-order valence-corrected chi connectivity index (χ2v) is 13.1. The zero-order valence-electron chi connectivity index (χ0n) is 31.8. The Kier molecular flexibility index (Phi) is 18.4. The molecule has 0 saturated carbocycles. The summed E-state index contributed by atoms with van der Waals surface area (Å²) in [5.41, 5.74) is 1.05. The third-order valence-corrected chi connectivity index (χ3v) is 8.13. The summed E-state index contributed by atoms with van der Waals surface area (Å²) < 4.78 is 37.9. The smallest absolute Gasteiger partial charge is 0.193 e. The predicted octanol–water partition coefficient (Wildman–Crippen LogP) is 11.4. The zero-order chi connectivity index (χ0) is 35.6. The molecule has 0 aliphatic heterocycles. The molecule has 0 heterocycles.